The summed E-state index contributed by atoms with van der Waals surface area (Å²) < 4.78 is 5.29. The van der Waals surface area contributed by atoms with E-state index >= 15 is 0 Å². The normalized spacial score (nSPS) is 10.4. The van der Waals surface area contributed by atoms with Crippen LogP contribution >= 0.6 is 15.9 Å². The second-order valence-corrected chi connectivity index (χ2v) is 4.38. The van der Waals surface area contributed by atoms with Gasteiger partial charge in [-0.3, -0.25) is 10.1 Å². The maximum Gasteiger partial charge on any atom is 0.273 e. The summed E-state index contributed by atoms with van der Waals surface area (Å²) in [6, 6.07) is 5.14. The molecule has 0 bridgehead atoms. The van der Waals surface area contributed by atoms with Crippen LogP contribution in [-0.4, -0.2) is 31.7 Å². The van der Waals surface area contributed by atoms with Crippen molar-refractivity contribution in [2.24, 2.45) is 0 Å². The van der Waals surface area contributed by atoms with E-state index in [9.17, 15) is 10.1 Å². The predicted octanol–water partition coefficient (Wildman–Crippen LogP) is 2.96. The number of ether oxygens (including phenoxy) is 1. The van der Waals surface area contributed by atoms with Crippen LogP contribution in [0.25, 0.3) is 0 Å². The van der Waals surface area contributed by atoms with Gasteiger partial charge in [0.05, 0.1) is 11.5 Å². The van der Waals surface area contributed by atoms with Gasteiger partial charge in [-0.25, -0.2) is 0 Å². The van der Waals surface area contributed by atoms with Crippen LogP contribution in [0.15, 0.2) is 18.2 Å². The molecular weight excluding hydrogens is 300 g/mol. The van der Waals surface area contributed by atoms with E-state index in [1.807, 2.05) is 24.9 Å². The highest BCUT2D eigenvalue weighted by atomic mass is 79.9. The monoisotopic (exact) mass is 316 g/mol. The lowest BCUT2D eigenvalue weighted by molar-refractivity contribution is -0.385. The summed E-state index contributed by atoms with van der Waals surface area (Å²) in [5.41, 5.74) is 1.78. The van der Waals surface area contributed by atoms with E-state index in [2.05, 4.69) is 15.9 Å². The molecule has 1 rings (SSSR count). The summed E-state index contributed by atoms with van der Waals surface area (Å²) in [6.07, 6.45) is 0. The predicted molar refractivity (Wildman–Crippen MR) is 75.5 cm³/mol. The molecule has 0 spiro atoms. The second-order valence-electron chi connectivity index (χ2n) is 3.82. The fourth-order valence-corrected chi connectivity index (χ4v) is 2.02. The Labute approximate surface area is 115 Å². The Hall–Kier alpha value is -1.14. The minimum Gasteiger partial charge on any atom is -0.380 e. The molecule has 1 aromatic rings. The molecule has 0 unspecified atom stereocenters. The molecule has 0 aromatic heterocycles. The van der Waals surface area contributed by atoms with Gasteiger partial charge in [0.15, 0.2) is 0 Å². The number of nitrogens with zero attached hydrogens (tertiary/aromatic N) is 2. The summed E-state index contributed by atoms with van der Waals surface area (Å²) in [7, 11) is 1.94. The van der Waals surface area contributed by atoms with Gasteiger partial charge in [0.1, 0.15) is 0 Å². The van der Waals surface area contributed by atoms with Crippen LogP contribution in [0, 0.1) is 10.1 Å². The first kappa shape index (κ1) is 14.9. The van der Waals surface area contributed by atoms with Gasteiger partial charge in [-0.1, -0.05) is 15.9 Å². The van der Waals surface area contributed by atoms with Gasteiger partial charge in [0, 0.05) is 42.8 Å². The molecule has 100 valence electrons. The fraction of sp³-hybridized carbons (Fsp3) is 0.500. The first-order valence-corrected chi connectivity index (χ1v) is 6.84. The Kier molecular flexibility index (Phi) is 6.07. The maximum absolute atomic E-state index is 10.8. The van der Waals surface area contributed by atoms with Crippen molar-refractivity contribution in [1.82, 2.24) is 0 Å². The number of halogens is 1. The molecule has 0 radical (unpaired) electrons. The molecule has 0 aliphatic rings. The van der Waals surface area contributed by atoms with E-state index in [4.69, 9.17) is 4.74 Å². The summed E-state index contributed by atoms with van der Waals surface area (Å²) in [5, 5.41) is 11.3. The van der Waals surface area contributed by atoms with Crippen molar-refractivity contribution in [1.29, 1.82) is 0 Å². The van der Waals surface area contributed by atoms with Gasteiger partial charge in [-0.2, -0.15) is 0 Å². The third-order valence-corrected chi connectivity index (χ3v) is 3.22. The molecule has 6 heteroatoms. The van der Waals surface area contributed by atoms with E-state index < -0.39 is 0 Å². The smallest absolute Gasteiger partial charge is 0.273 e. The van der Waals surface area contributed by atoms with Crippen LogP contribution in [0.2, 0.25) is 0 Å². The number of hydrogen-bond acceptors (Lipinski definition) is 4. The minimum absolute atomic E-state index is 0.147. The van der Waals surface area contributed by atoms with Crippen molar-refractivity contribution in [2.75, 3.05) is 31.7 Å². The number of nitro groups is 1. The van der Waals surface area contributed by atoms with E-state index in [1.54, 1.807) is 12.1 Å². The molecule has 0 heterocycles. The van der Waals surface area contributed by atoms with Crippen molar-refractivity contribution >= 4 is 27.3 Å². The lowest BCUT2D eigenvalue weighted by atomic mass is 10.1. The fourth-order valence-electron chi connectivity index (χ4n) is 1.57. The number of nitro benzene ring substituents is 1. The first-order chi connectivity index (χ1) is 8.60. The first-order valence-electron chi connectivity index (χ1n) is 5.72. The van der Waals surface area contributed by atoms with Gasteiger partial charge in [-0.15, -0.1) is 0 Å². The standard InChI is InChI=1S/C12H17BrN2O3/c1-3-18-7-6-14(2)11-4-5-12(15(16)17)10(8-11)9-13/h4-5,8H,3,6-7,9H2,1-2H3. The quantitative estimate of drug-likeness (QED) is 0.336. The van der Waals surface area contributed by atoms with Gasteiger partial charge < -0.3 is 9.64 Å². The molecule has 0 saturated heterocycles. The summed E-state index contributed by atoms with van der Waals surface area (Å²) >= 11 is 3.28. The summed E-state index contributed by atoms with van der Waals surface area (Å²) in [5.74, 6) is 0. The molecule has 1 aromatic carbocycles. The molecule has 0 atom stereocenters. The molecule has 0 aliphatic heterocycles. The highest BCUT2D eigenvalue weighted by Gasteiger charge is 2.14. The van der Waals surface area contributed by atoms with Gasteiger partial charge >= 0.3 is 0 Å². The number of rotatable bonds is 7. The van der Waals surface area contributed by atoms with Crippen LogP contribution in [-0.2, 0) is 10.1 Å². The molecule has 0 N–H and O–H groups in total. The van der Waals surface area contributed by atoms with Crippen molar-refractivity contribution in [3.05, 3.63) is 33.9 Å². The van der Waals surface area contributed by atoms with Crippen LogP contribution in [0.1, 0.15) is 12.5 Å². The minimum atomic E-state index is -0.361. The topological polar surface area (TPSA) is 55.6 Å². The Morgan fingerprint density at radius 3 is 2.78 bits per heavy atom. The average Bonchev–Trinajstić information content (AvgIpc) is 2.37. The highest BCUT2D eigenvalue weighted by molar-refractivity contribution is 9.08. The number of hydrogen-bond donors (Lipinski definition) is 0. The molecule has 0 saturated carbocycles. The third kappa shape index (κ3) is 3.96. The summed E-state index contributed by atoms with van der Waals surface area (Å²) in [4.78, 5) is 12.5. The maximum atomic E-state index is 10.8. The number of alkyl halides is 1. The second kappa shape index (κ2) is 7.33. The number of anilines is 1. The zero-order valence-corrected chi connectivity index (χ0v) is 12.1. The lowest BCUT2D eigenvalue weighted by Crippen LogP contribution is -2.22. The third-order valence-electron chi connectivity index (χ3n) is 2.62. The molecule has 0 aliphatic carbocycles. The van der Waals surface area contributed by atoms with Crippen molar-refractivity contribution < 1.29 is 9.66 Å². The van der Waals surface area contributed by atoms with Crippen molar-refractivity contribution in [3.63, 3.8) is 0 Å². The molecular formula is C12H17BrN2O3. The van der Waals surface area contributed by atoms with Crippen LogP contribution in [0.4, 0.5) is 11.4 Å². The van der Waals surface area contributed by atoms with Crippen molar-refractivity contribution in [3.8, 4) is 0 Å². The van der Waals surface area contributed by atoms with Gasteiger partial charge in [0.2, 0.25) is 0 Å². The highest BCUT2D eigenvalue weighted by Crippen LogP contribution is 2.26. The Bertz CT molecular complexity index is 412. The lowest BCUT2D eigenvalue weighted by Gasteiger charge is -2.19. The Morgan fingerprint density at radius 1 is 1.50 bits per heavy atom. The van der Waals surface area contributed by atoms with E-state index in [-0.39, 0.29) is 10.6 Å². The number of likely N-dealkylation sites (N-methyl/N-ethyl adjacent to an activating group) is 1. The molecule has 18 heavy (non-hydrogen) atoms. The largest absolute Gasteiger partial charge is 0.380 e. The van der Waals surface area contributed by atoms with E-state index in [1.165, 1.54) is 0 Å². The zero-order valence-electron chi connectivity index (χ0n) is 10.6. The van der Waals surface area contributed by atoms with Crippen LogP contribution < -0.4 is 4.90 Å². The molecule has 0 fully saturated rings. The molecule has 5 nitrogen and oxygen atoms in total. The molecule has 0 amide bonds. The SMILES string of the molecule is CCOCCN(C)c1ccc([N+](=O)[O-])c(CBr)c1. The van der Waals surface area contributed by atoms with Gasteiger partial charge in [-0.05, 0) is 19.1 Å². The Morgan fingerprint density at radius 2 is 2.22 bits per heavy atom. The zero-order chi connectivity index (χ0) is 13.5. The Balaban J connectivity index is 2.81. The van der Waals surface area contributed by atoms with Crippen molar-refractivity contribution in [2.45, 2.75) is 12.3 Å². The average molecular weight is 317 g/mol. The van der Waals surface area contributed by atoms with Crippen LogP contribution in [0.3, 0.4) is 0 Å². The van der Waals surface area contributed by atoms with Gasteiger partial charge in [0.25, 0.3) is 5.69 Å². The van der Waals surface area contributed by atoms with E-state index in [0.717, 1.165) is 12.2 Å². The van der Waals surface area contributed by atoms with E-state index in [0.29, 0.717) is 24.1 Å². The number of benzene rings is 1. The summed E-state index contributed by atoms with van der Waals surface area (Å²) in [6.45, 7) is 4.05. The van der Waals surface area contributed by atoms with Crippen LogP contribution in [0.5, 0.6) is 0 Å².